The van der Waals surface area contributed by atoms with Crippen LogP contribution in [-0.4, -0.2) is 59.9 Å². The first-order valence-electron chi connectivity index (χ1n) is 33.6. The van der Waals surface area contributed by atoms with Gasteiger partial charge in [-0.3, -0.25) is 14.8 Å². The van der Waals surface area contributed by atoms with Crippen LogP contribution in [0.2, 0.25) is 0 Å². The van der Waals surface area contributed by atoms with Crippen molar-refractivity contribution in [3.8, 4) is 22.5 Å². The van der Waals surface area contributed by atoms with Crippen LogP contribution >= 0.6 is 0 Å². The van der Waals surface area contributed by atoms with E-state index in [0.29, 0.717) is 24.3 Å². The van der Waals surface area contributed by atoms with Gasteiger partial charge in [0.25, 0.3) is 5.91 Å². The molecule has 2 aliphatic heterocycles. The minimum atomic E-state index is -0.815. The van der Waals surface area contributed by atoms with Crippen LogP contribution in [0.5, 0.6) is 0 Å². The second-order valence-electron chi connectivity index (χ2n) is 25.4. The quantitative estimate of drug-likeness (QED) is 0.0755. The Morgan fingerprint density at radius 1 is 0.440 bits per heavy atom. The molecule has 0 saturated carbocycles. The fourth-order valence-corrected chi connectivity index (χ4v) is 14.0. The molecule has 3 N–H and O–H groups in total. The number of hydrogen-bond donors (Lipinski definition) is 2. The number of esters is 1. The van der Waals surface area contributed by atoms with Gasteiger partial charge in [-0.2, -0.15) is 10.2 Å². The van der Waals surface area contributed by atoms with Gasteiger partial charge in [-0.15, -0.1) is 0 Å². The Labute approximate surface area is 582 Å². The Morgan fingerprint density at radius 3 is 1.14 bits per heavy atom. The van der Waals surface area contributed by atoms with E-state index in [1.807, 2.05) is 98.8 Å². The number of nitrogens with one attached hydrogen (secondary N) is 1. The van der Waals surface area contributed by atoms with Crippen molar-refractivity contribution in [1.29, 1.82) is 0 Å². The van der Waals surface area contributed by atoms with Gasteiger partial charge in [0.15, 0.2) is 0 Å². The molecule has 0 aliphatic carbocycles. The van der Waals surface area contributed by atoms with Crippen molar-refractivity contribution in [2.75, 3.05) is 7.11 Å². The summed E-state index contributed by atoms with van der Waals surface area (Å²) in [6, 6.07) is 96.0. The van der Waals surface area contributed by atoms with Gasteiger partial charge >= 0.3 is 5.97 Å². The summed E-state index contributed by atoms with van der Waals surface area (Å²) in [6.07, 6.45) is 7.98. The Hall–Kier alpha value is -12.3. The van der Waals surface area contributed by atoms with Crippen LogP contribution in [-0.2, 0) is 38.2 Å². The summed E-state index contributed by atoms with van der Waals surface area (Å²) in [6.45, 7) is 8.14. The van der Waals surface area contributed by atoms with Crippen LogP contribution in [0.25, 0.3) is 44.3 Å². The van der Waals surface area contributed by atoms with Crippen molar-refractivity contribution >= 4 is 56.5 Å². The summed E-state index contributed by atoms with van der Waals surface area (Å²) in [5.74, 6) is -0.564. The van der Waals surface area contributed by atoms with Crippen molar-refractivity contribution in [1.82, 2.24) is 34.8 Å². The number of hydrogen-bond acceptors (Lipinski definition) is 10. The topological polar surface area (TPSA) is 168 Å². The highest BCUT2D eigenvalue weighted by atomic mass is 16.5. The number of nitrogens with zero attached hydrogens (tertiary/aromatic N) is 8. The van der Waals surface area contributed by atoms with E-state index in [-0.39, 0.29) is 18.0 Å². The summed E-state index contributed by atoms with van der Waals surface area (Å²) in [5, 5.41) is 16.0. The van der Waals surface area contributed by atoms with Gasteiger partial charge in [0.05, 0.1) is 35.6 Å². The number of methoxy groups -OCH3 is 1. The number of rotatable bonds is 15. The maximum Gasteiger partial charge on any atom is 0.352 e. The highest BCUT2D eigenvalue weighted by Gasteiger charge is 2.43. The van der Waals surface area contributed by atoms with Crippen molar-refractivity contribution in [3.63, 3.8) is 0 Å². The van der Waals surface area contributed by atoms with E-state index in [4.69, 9.17) is 25.7 Å². The molecular weight excluding hydrogens is 1230 g/mol. The minimum Gasteiger partial charge on any atom is -0.465 e. The van der Waals surface area contributed by atoms with Crippen LogP contribution in [0.15, 0.2) is 314 Å². The highest BCUT2D eigenvalue weighted by molar-refractivity contribution is 6.41. The summed E-state index contributed by atoms with van der Waals surface area (Å²) in [7, 11) is 1.39. The fourth-order valence-electron chi connectivity index (χ4n) is 14.0. The molecule has 0 spiro atoms. The molecule has 100 heavy (non-hydrogen) atoms. The molecule has 13 heteroatoms. The Morgan fingerprint density at radius 2 is 0.790 bits per heavy atom. The average molecular weight is 1310 g/mol. The zero-order chi connectivity index (χ0) is 68.7. The lowest BCUT2D eigenvalue weighted by Crippen LogP contribution is -2.38. The molecule has 0 radical (unpaired) electrons. The molecular formula is C87H74N10O3. The second-order valence-corrected chi connectivity index (χ2v) is 25.4. The van der Waals surface area contributed by atoms with Crippen LogP contribution in [0.4, 0.5) is 11.4 Å². The molecule has 0 unspecified atom stereocenters. The normalized spacial score (nSPS) is 12.9. The maximum absolute atomic E-state index is 13.6. The van der Waals surface area contributed by atoms with Crippen LogP contribution < -0.4 is 11.1 Å². The number of aryl methyl sites for hydroxylation is 2. The van der Waals surface area contributed by atoms with E-state index < -0.39 is 17.0 Å². The standard InChI is InChI=1S/C43H35N5O.C35H26N4O2.C9H13N/c1-29-13-12-14-32(25-29)30(2)45-42(49)39-26-33-27-40-37(28-38(33)46-39)41(31-21-23-44-24-22-31)47-48(40)43(34-15-6-3-7-16-34,35-17-8-4-9-18-35)36-19-10-5-11-20-36;1-41-34(40)31-21-25-22-32-29(23-30(25)37-31)33(24-17-19-36-20-18-24)38-39(32)35(26-11-5-2-6-12-26,27-13-7-3-8-14-27)28-15-9-4-10-16-28;1-7-4-3-5-9(6-7)8(2)10/h3-25,27-28,30H,26H2,1-2H3,(H,45,49);2-20,22-23H,21H2,1H3;3-6,8H,10H2,1-2H3/t30-;;8-/m1.1/s1. The predicted molar refractivity (Wildman–Crippen MR) is 400 cm³/mol. The number of aromatic nitrogens is 6. The van der Waals surface area contributed by atoms with Gasteiger partial charge in [0, 0.05) is 65.6 Å². The molecule has 490 valence electrons. The van der Waals surface area contributed by atoms with E-state index in [0.717, 1.165) is 111 Å². The Bertz CT molecular complexity index is 5100. The van der Waals surface area contributed by atoms with Crippen molar-refractivity contribution < 1.29 is 14.3 Å². The first-order chi connectivity index (χ1) is 48.9. The molecule has 10 aromatic carbocycles. The summed E-state index contributed by atoms with van der Waals surface area (Å²) in [4.78, 5) is 44.1. The van der Waals surface area contributed by atoms with E-state index in [9.17, 15) is 9.59 Å². The van der Waals surface area contributed by atoms with E-state index in [1.165, 1.54) is 18.2 Å². The number of ether oxygens (including phenoxy) is 1. The van der Waals surface area contributed by atoms with Gasteiger partial charge in [-0.05, 0) is 132 Å². The third-order valence-corrected chi connectivity index (χ3v) is 18.8. The fraction of sp³-hybridized carbons (Fsp3) is 0.126. The summed E-state index contributed by atoms with van der Waals surface area (Å²) < 4.78 is 9.32. The molecule has 6 heterocycles. The van der Waals surface area contributed by atoms with Gasteiger partial charge in [0.1, 0.15) is 33.9 Å². The molecule has 4 aromatic heterocycles. The Kier molecular flexibility index (Phi) is 18.5. The first kappa shape index (κ1) is 65.0. The van der Waals surface area contributed by atoms with Crippen LogP contribution in [0, 0.1) is 13.8 Å². The first-order valence-corrected chi connectivity index (χ1v) is 33.6. The number of pyridine rings is 2. The molecule has 1 amide bonds. The minimum absolute atomic E-state index is 0.145. The molecule has 0 bridgehead atoms. The lowest BCUT2D eigenvalue weighted by molar-refractivity contribution is -0.132. The van der Waals surface area contributed by atoms with Gasteiger partial charge in [-0.1, -0.05) is 242 Å². The van der Waals surface area contributed by atoms with Gasteiger partial charge in [-0.25, -0.2) is 24.1 Å². The summed E-state index contributed by atoms with van der Waals surface area (Å²) in [5.41, 5.74) is 25.1. The van der Waals surface area contributed by atoms with Crippen molar-refractivity contribution in [2.24, 2.45) is 15.7 Å². The van der Waals surface area contributed by atoms with Crippen molar-refractivity contribution in [3.05, 3.63) is 371 Å². The monoisotopic (exact) mass is 1310 g/mol. The van der Waals surface area contributed by atoms with E-state index >= 15 is 0 Å². The lowest BCUT2D eigenvalue weighted by Gasteiger charge is -2.37. The van der Waals surface area contributed by atoms with Gasteiger partial charge in [0.2, 0.25) is 0 Å². The number of benzene rings is 10. The molecule has 0 fully saturated rings. The smallest absolute Gasteiger partial charge is 0.352 e. The largest absolute Gasteiger partial charge is 0.465 e. The SMILES string of the molecule is COC(=O)C1=Nc2cc3c(-c4ccncc4)nn(C(c4ccccc4)(c4ccccc4)c4ccccc4)c3cc2C1.Cc1cccc([C@@H](C)N)c1.Cc1cccc([C@@H](C)NC(=O)C2=Nc3cc4c(-c5ccncc5)nn(C(c5ccccc5)(c5ccccc5)c5ccccc5)c4cc3C2)c1. The third kappa shape index (κ3) is 12.5. The van der Waals surface area contributed by atoms with Crippen molar-refractivity contribution in [2.45, 2.75) is 63.7 Å². The van der Waals surface area contributed by atoms with Crippen LogP contribution in [0.3, 0.4) is 0 Å². The molecule has 13 nitrogen and oxygen atoms in total. The lowest BCUT2D eigenvalue weighted by atomic mass is 9.77. The number of aliphatic imine (C=N–C) groups is 2. The van der Waals surface area contributed by atoms with Crippen LogP contribution in [0.1, 0.15) is 92.7 Å². The van der Waals surface area contributed by atoms with Gasteiger partial charge < -0.3 is 15.8 Å². The highest BCUT2D eigenvalue weighted by Crippen LogP contribution is 2.48. The number of fused-ring (bicyclic) bond motifs is 4. The average Bonchev–Trinajstić information content (AvgIpc) is 1.49. The molecule has 0 saturated heterocycles. The third-order valence-electron chi connectivity index (χ3n) is 18.8. The number of carbonyl (C=O) groups excluding carboxylic acids is 2. The van der Waals surface area contributed by atoms with E-state index in [2.05, 4.69) is 238 Å². The number of amides is 1. The maximum atomic E-state index is 13.6. The molecule has 16 rings (SSSR count). The second kappa shape index (κ2) is 28.4. The zero-order valence-electron chi connectivity index (χ0n) is 56.3. The zero-order valence-corrected chi connectivity index (χ0v) is 56.3. The Balaban J connectivity index is 0.000000151. The number of carbonyl (C=O) groups is 2. The molecule has 14 aromatic rings. The number of nitrogens with two attached hydrogens (primary N) is 1. The van der Waals surface area contributed by atoms with E-state index in [1.54, 1.807) is 24.8 Å². The molecule has 2 atom stereocenters. The predicted octanol–water partition coefficient (Wildman–Crippen LogP) is 17.5. The molecule has 2 aliphatic rings. The summed E-state index contributed by atoms with van der Waals surface area (Å²) >= 11 is 0.